The first-order chi connectivity index (χ1) is 12.4. The molecule has 0 N–H and O–H groups in total. The van der Waals surface area contributed by atoms with E-state index < -0.39 is 27.7 Å². The van der Waals surface area contributed by atoms with Crippen molar-refractivity contribution in [2.75, 3.05) is 43.2 Å². The van der Waals surface area contributed by atoms with Crippen molar-refractivity contribution in [1.82, 2.24) is 4.90 Å². The second kappa shape index (κ2) is 7.75. The summed E-state index contributed by atoms with van der Waals surface area (Å²) in [5, 5.41) is 0. The first kappa shape index (κ1) is 18.8. The van der Waals surface area contributed by atoms with Crippen molar-refractivity contribution < 1.29 is 22.7 Å². The third-order valence-electron chi connectivity index (χ3n) is 4.98. The molecule has 142 valence electrons. The normalized spacial score (nSPS) is 21.3. The molecule has 1 saturated heterocycles. The number of anilines is 1. The van der Waals surface area contributed by atoms with Gasteiger partial charge in [-0.3, -0.25) is 9.59 Å². The van der Waals surface area contributed by atoms with Crippen LogP contribution in [0.2, 0.25) is 0 Å². The van der Waals surface area contributed by atoms with Crippen LogP contribution in [0.4, 0.5) is 5.69 Å². The fraction of sp³-hybridized carbons (Fsp3) is 0.556. The van der Waals surface area contributed by atoms with Crippen LogP contribution >= 0.6 is 0 Å². The van der Waals surface area contributed by atoms with E-state index >= 15 is 0 Å². The van der Waals surface area contributed by atoms with Gasteiger partial charge in [0.1, 0.15) is 0 Å². The number of amides is 2. The molecule has 0 spiro atoms. The topological polar surface area (TPSA) is 84.0 Å². The highest BCUT2D eigenvalue weighted by atomic mass is 32.2. The lowest BCUT2D eigenvalue weighted by atomic mass is 10.0. The lowest BCUT2D eigenvalue weighted by molar-refractivity contribution is -0.146. The van der Waals surface area contributed by atoms with Gasteiger partial charge in [0.05, 0.1) is 18.1 Å². The first-order valence-electron chi connectivity index (χ1n) is 8.82. The summed E-state index contributed by atoms with van der Waals surface area (Å²) in [5.74, 6) is -1.29. The Bertz CT molecular complexity index is 793. The summed E-state index contributed by atoms with van der Waals surface area (Å²) in [6.45, 7) is 0.950. The monoisotopic (exact) mass is 380 g/mol. The Morgan fingerprint density at radius 1 is 1.31 bits per heavy atom. The molecule has 2 aliphatic heterocycles. The second-order valence-electron chi connectivity index (χ2n) is 6.74. The number of carbonyl (C=O) groups excluding carboxylic acids is 2. The summed E-state index contributed by atoms with van der Waals surface area (Å²) in [6.07, 6.45) is 2.04. The first-order valence-corrected chi connectivity index (χ1v) is 10.6. The van der Waals surface area contributed by atoms with Gasteiger partial charge in [-0.05, 0) is 30.9 Å². The van der Waals surface area contributed by atoms with Crippen LogP contribution in [0.5, 0.6) is 0 Å². The van der Waals surface area contributed by atoms with Crippen LogP contribution in [0.15, 0.2) is 24.3 Å². The third kappa shape index (κ3) is 3.91. The van der Waals surface area contributed by atoms with E-state index in [2.05, 4.69) is 0 Å². The van der Waals surface area contributed by atoms with Gasteiger partial charge in [-0.2, -0.15) is 0 Å². The van der Waals surface area contributed by atoms with Crippen LogP contribution in [0, 0.1) is 0 Å². The number of sulfone groups is 1. The molecule has 3 rings (SSSR count). The molecular weight excluding hydrogens is 356 g/mol. The molecule has 2 heterocycles. The van der Waals surface area contributed by atoms with Crippen molar-refractivity contribution in [3.05, 3.63) is 29.8 Å². The average Bonchev–Trinajstić information content (AvgIpc) is 3.00. The average molecular weight is 380 g/mol. The molecule has 1 aromatic carbocycles. The second-order valence-corrected chi connectivity index (χ2v) is 8.97. The van der Waals surface area contributed by atoms with Gasteiger partial charge in [0.25, 0.3) is 0 Å². The molecule has 0 aromatic heterocycles. The van der Waals surface area contributed by atoms with Gasteiger partial charge in [-0.25, -0.2) is 8.42 Å². The molecule has 1 unspecified atom stereocenters. The maximum Gasteiger partial charge on any atom is 0.316 e. The lowest BCUT2D eigenvalue weighted by Crippen LogP contribution is -2.51. The number of nitrogens with zero attached hydrogens (tertiary/aromatic N) is 2. The van der Waals surface area contributed by atoms with Crippen molar-refractivity contribution in [2.45, 2.75) is 25.3 Å². The number of methoxy groups -OCH3 is 1. The van der Waals surface area contributed by atoms with Gasteiger partial charge in [-0.1, -0.05) is 18.2 Å². The third-order valence-corrected chi connectivity index (χ3v) is 6.74. The van der Waals surface area contributed by atoms with E-state index in [4.69, 9.17) is 4.74 Å². The maximum absolute atomic E-state index is 12.9. The Labute approximate surface area is 153 Å². The summed E-state index contributed by atoms with van der Waals surface area (Å²) in [5.41, 5.74) is 1.81. The van der Waals surface area contributed by atoms with Crippen molar-refractivity contribution in [3.63, 3.8) is 0 Å². The molecule has 2 aliphatic rings. The Balaban J connectivity index is 1.82. The van der Waals surface area contributed by atoms with E-state index in [1.54, 1.807) is 0 Å². The van der Waals surface area contributed by atoms with Crippen molar-refractivity contribution in [3.8, 4) is 0 Å². The Kier molecular flexibility index (Phi) is 5.62. The summed E-state index contributed by atoms with van der Waals surface area (Å²) < 4.78 is 28.7. The standard InChI is InChI=1S/C18H24N2O5S/c1-25-11-10-19(15-8-12-26(23,24)13-15)17(21)18(22)20-9-4-6-14-5-2-3-7-16(14)20/h2-3,5,7,15H,4,6,8-13H2,1H3. The zero-order chi connectivity index (χ0) is 18.7. The van der Waals surface area contributed by atoms with Crippen LogP contribution in [0.1, 0.15) is 18.4 Å². The Morgan fingerprint density at radius 3 is 2.77 bits per heavy atom. The molecule has 0 saturated carbocycles. The predicted octanol–water partition coefficient (Wildman–Crippen LogP) is 0.628. The molecule has 26 heavy (non-hydrogen) atoms. The quantitative estimate of drug-likeness (QED) is 0.716. The minimum absolute atomic E-state index is 0.0508. The van der Waals surface area contributed by atoms with Crippen LogP contribution in [0.3, 0.4) is 0 Å². The molecule has 1 atom stereocenters. The fourth-order valence-corrected chi connectivity index (χ4v) is 5.37. The van der Waals surface area contributed by atoms with Crippen molar-refractivity contribution in [2.24, 2.45) is 0 Å². The molecule has 8 heteroatoms. The van der Waals surface area contributed by atoms with Crippen molar-refractivity contribution in [1.29, 1.82) is 0 Å². The molecule has 2 amide bonds. The van der Waals surface area contributed by atoms with Gasteiger partial charge >= 0.3 is 11.8 Å². The van der Waals surface area contributed by atoms with Gasteiger partial charge in [-0.15, -0.1) is 0 Å². The summed E-state index contributed by atoms with van der Waals surface area (Å²) in [4.78, 5) is 28.8. The van der Waals surface area contributed by atoms with E-state index in [9.17, 15) is 18.0 Å². The zero-order valence-corrected chi connectivity index (χ0v) is 15.7. The lowest BCUT2D eigenvalue weighted by Gasteiger charge is -2.33. The summed E-state index contributed by atoms with van der Waals surface area (Å²) in [7, 11) is -1.65. The Morgan fingerprint density at radius 2 is 2.08 bits per heavy atom. The smallest absolute Gasteiger partial charge is 0.316 e. The minimum atomic E-state index is -3.16. The molecular formula is C18H24N2O5S. The molecule has 0 bridgehead atoms. The zero-order valence-electron chi connectivity index (χ0n) is 14.9. The Hall–Kier alpha value is -1.93. The number of fused-ring (bicyclic) bond motifs is 1. The van der Waals surface area contributed by atoms with Crippen molar-refractivity contribution >= 4 is 27.3 Å². The number of rotatable bonds is 4. The van der Waals surface area contributed by atoms with Crippen LogP contribution in [-0.2, 0) is 30.6 Å². The molecule has 1 fully saturated rings. The number of aryl methyl sites for hydroxylation is 1. The maximum atomic E-state index is 12.9. The number of para-hydroxylation sites is 1. The highest BCUT2D eigenvalue weighted by molar-refractivity contribution is 7.91. The van der Waals surface area contributed by atoms with Gasteiger partial charge in [0, 0.05) is 31.9 Å². The number of carbonyl (C=O) groups is 2. The molecule has 0 radical (unpaired) electrons. The van der Waals surface area contributed by atoms with Crippen LogP contribution in [0.25, 0.3) is 0 Å². The highest BCUT2D eigenvalue weighted by Crippen LogP contribution is 2.27. The summed E-state index contributed by atoms with van der Waals surface area (Å²) in [6, 6.07) is 7.11. The van der Waals surface area contributed by atoms with Gasteiger partial charge in [0.15, 0.2) is 9.84 Å². The minimum Gasteiger partial charge on any atom is -0.383 e. The fourth-order valence-electron chi connectivity index (χ4n) is 3.64. The SMILES string of the molecule is COCCN(C(=O)C(=O)N1CCCc2ccccc21)C1CCS(=O)(=O)C1. The van der Waals surface area contributed by atoms with Gasteiger partial charge in [0.2, 0.25) is 0 Å². The van der Waals surface area contributed by atoms with E-state index in [-0.39, 0.29) is 24.7 Å². The molecule has 1 aromatic rings. The molecule has 0 aliphatic carbocycles. The van der Waals surface area contributed by atoms with Crippen LogP contribution in [-0.4, -0.2) is 69.5 Å². The van der Waals surface area contributed by atoms with E-state index in [1.165, 1.54) is 16.9 Å². The number of benzene rings is 1. The number of hydrogen-bond donors (Lipinski definition) is 0. The van der Waals surface area contributed by atoms with E-state index in [1.807, 2.05) is 24.3 Å². The number of ether oxygens (including phenoxy) is 1. The number of hydrogen-bond acceptors (Lipinski definition) is 5. The van der Waals surface area contributed by atoms with Gasteiger partial charge < -0.3 is 14.5 Å². The largest absolute Gasteiger partial charge is 0.383 e. The van der Waals surface area contributed by atoms with Crippen LogP contribution < -0.4 is 4.90 Å². The summed E-state index contributed by atoms with van der Waals surface area (Å²) >= 11 is 0. The van der Waals surface area contributed by atoms with E-state index in [0.717, 1.165) is 24.1 Å². The molecule has 7 nitrogen and oxygen atoms in total. The van der Waals surface area contributed by atoms with E-state index in [0.29, 0.717) is 13.0 Å². The predicted molar refractivity (Wildman–Crippen MR) is 97.8 cm³/mol. The highest BCUT2D eigenvalue weighted by Gasteiger charge is 2.38.